The quantitative estimate of drug-likeness (QED) is 0.807. The summed E-state index contributed by atoms with van der Waals surface area (Å²) in [6, 6.07) is 13.1. The summed E-state index contributed by atoms with van der Waals surface area (Å²) in [4.78, 5) is 9.00. The van der Waals surface area contributed by atoms with Gasteiger partial charge in [-0.3, -0.25) is 4.79 Å². The van der Waals surface area contributed by atoms with Crippen molar-refractivity contribution < 1.29 is 15.0 Å². The lowest BCUT2D eigenvalue weighted by Gasteiger charge is -2.21. The van der Waals surface area contributed by atoms with Crippen LogP contribution in [0, 0.1) is 0 Å². The first-order valence-electron chi connectivity index (χ1n) is 6.22. The number of carboxylic acids is 1. The van der Waals surface area contributed by atoms with Crippen LogP contribution in [0.1, 0.15) is 18.9 Å². The molecule has 0 radical (unpaired) electrons. The Balaban J connectivity index is 0.000000631. The zero-order valence-electron chi connectivity index (χ0n) is 11.5. The van der Waals surface area contributed by atoms with Crippen LogP contribution in [0.4, 0.5) is 0 Å². The summed E-state index contributed by atoms with van der Waals surface area (Å²) in [5, 5.41) is 16.2. The van der Waals surface area contributed by atoms with Gasteiger partial charge >= 0.3 is 0 Å². The number of rotatable bonds is 5. The number of hydrogen-bond donors (Lipinski definition) is 2. The Morgan fingerprint density at radius 1 is 1.22 bits per heavy atom. The van der Waals surface area contributed by atoms with E-state index in [1.54, 1.807) is 0 Å². The maximum absolute atomic E-state index is 9.00. The van der Waals surface area contributed by atoms with E-state index >= 15 is 0 Å². The van der Waals surface area contributed by atoms with Gasteiger partial charge in [-0.1, -0.05) is 55.0 Å². The molecule has 102 valence electrons. The number of aliphatic carboxylic acids is 1. The topological polar surface area (TPSA) is 57.5 Å². The van der Waals surface area contributed by atoms with Crippen LogP contribution < -0.4 is 0 Å². The second-order valence-electron chi connectivity index (χ2n) is 5.17. The van der Waals surface area contributed by atoms with Crippen molar-refractivity contribution in [2.75, 3.05) is 6.61 Å². The normalized spacial score (nSPS) is 10.4. The van der Waals surface area contributed by atoms with Gasteiger partial charge in [0.05, 0.1) is 8.07 Å². The summed E-state index contributed by atoms with van der Waals surface area (Å²) < 4.78 is 0. The standard InChI is InChI=1S/C12H20OSi.C2H4O2/c1-14(2,10-6-9-13)11-12-7-4-3-5-8-12;1-2(3)4/h3-5,7-8,13H,6,9-11H2,1-2H3;1H3,(H,3,4). The number of carboxylic acid groups (broad SMARTS) is 1. The van der Waals surface area contributed by atoms with Gasteiger partial charge in [0.2, 0.25) is 0 Å². The Kier molecular flexibility index (Phi) is 8.33. The first-order valence-corrected chi connectivity index (χ1v) is 9.63. The lowest BCUT2D eigenvalue weighted by molar-refractivity contribution is -0.134. The predicted octanol–water partition coefficient (Wildman–Crippen LogP) is 2.95. The third-order valence-corrected chi connectivity index (χ3v) is 5.61. The maximum Gasteiger partial charge on any atom is 0.300 e. The largest absolute Gasteiger partial charge is 0.481 e. The predicted molar refractivity (Wildman–Crippen MR) is 77.4 cm³/mol. The minimum Gasteiger partial charge on any atom is -0.481 e. The van der Waals surface area contributed by atoms with E-state index in [0.717, 1.165) is 13.3 Å². The minimum atomic E-state index is -1.13. The van der Waals surface area contributed by atoms with Crippen LogP contribution in [0.15, 0.2) is 30.3 Å². The zero-order valence-corrected chi connectivity index (χ0v) is 12.5. The van der Waals surface area contributed by atoms with Crippen LogP contribution in [0.2, 0.25) is 19.1 Å². The third kappa shape index (κ3) is 10.0. The first kappa shape index (κ1) is 16.9. The first-order chi connectivity index (χ1) is 8.37. The van der Waals surface area contributed by atoms with Gasteiger partial charge in [-0.15, -0.1) is 0 Å². The van der Waals surface area contributed by atoms with E-state index in [4.69, 9.17) is 15.0 Å². The highest BCUT2D eigenvalue weighted by molar-refractivity contribution is 6.76. The van der Waals surface area contributed by atoms with Crippen molar-refractivity contribution in [1.82, 2.24) is 0 Å². The van der Waals surface area contributed by atoms with E-state index < -0.39 is 14.0 Å². The SMILES string of the molecule is CC(=O)O.C[Si](C)(CCCO)Cc1ccccc1. The lowest BCUT2D eigenvalue weighted by atomic mass is 10.2. The van der Waals surface area contributed by atoms with Gasteiger partial charge in [-0.05, 0) is 12.5 Å². The smallest absolute Gasteiger partial charge is 0.300 e. The van der Waals surface area contributed by atoms with Crippen LogP contribution in [0.25, 0.3) is 0 Å². The number of benzene rings is 1. The average molecular weight is 268 g/mol. The Morgan fingerprint density at radius 2 is 1.72 bits per heavy atom. The Labute approximate surface area is 110 Å². The Morgan fingerprint density at radius 3 is 2.17 bits per heavy atom. The molecule has 1 rings (SSSR count). The van der Waals surface area contributed by atoms with E-state index in [1.165, 1.54) is 17.7 Å². The lowest BCUT2D eigenvalue weighted by Crippen LogP contribution is -2.29. The fourth-order valence-electron chi connectivity index (χ4n) is 1.79. The monoisotopic (exact) mass is 268 g/mol. The molecule has 0 bridgehead atoms. The fourth-order valence-corrected chi connectivity index (χ4v) is 4.43. The molecule has 0 saturated carbocycles. The molecular formula is C14H24O3Si. The number of aliphatic hydroxyl groups excluding tert-OH is 1. The number of carbonyl (C=O) groups is 1. The molecule has 0 spiro atoms. The molecule has 0 unspecified atom stereocenters. The molecular weight excluding hydrogens is 244 g/mol. The molecule has 18 heavy (non-hydrogen) atoms. The van der Waals surface area contributed by atoms with E-state index in [2.05, 4.69) is 43.4 Å². The van der Waals surface area contributed by atoms with Crippen LogP contribution in [-0.4, -0.2) is 30.9 Å². The highest BCUT2D eigenvalue weighted by atomic mass is 28.3. The van der Waals surface area contributed by atoms with Crippen LogP contribution in [0.3, 0.4) is 0 Å². The summed E-state index contributed by atoms with van der Waals surface area (Å²) in [5.41, 5.74) is 1.45. The highest BCUT2D eigenvalue weighted by Crippen LogP contribution is 2.17. The molecule has 1 aromatic rings. The van der Waals surface area contributed by atoms with E-state index in [1.807, 2.05) is 0 Å². The van der Waals surface area contributed by atoms with E-state index in [0.29, 0.717) is 6.61 Å². The summed E-state index contributed by atoms with van der Waals surface area (Å²) in [5.74, 6) is -0.833. The van der Waals surface area contributed by atoms with E-state index in [9.17, 15) is 0 Å². The second-order valence-corrected chi connectivity index (χ2v) is 10.4. The van der Waals surface area contributed by atoms with Crippen molar-refractivity contribution in [2.45, 2.75) is 38.5 Å². The van der Waals surface area contributed by atoms with Crippen molar-refractivity contribution in [3.05, 3.63) is 35.9 Å². The maximum atomic E-state index is 9.00. The van der Waals surface area contributed by atoms with Crippen LogP contribution in [-0.2, 0) is 10.8 Å². The van der Waals surface area contributed by atoms with Gasteiger partial charge in [0.25, 0.3) is 5.97 Å². The molecule has 4 heteroatoms. The molecule has 0 aromatic heterocycles. The van der Waals surface area contributed by atoms with Gasteiger partial charge in [-0.2, -0.15) is 0 Å². The summed E-state index contributed by atoms with van der Waals surface area (Å²) in [6.45, 7) is 6.22. The van der Waals surface area contributed by atoms with Crippen LogP contribution in [0.5, 0.6) is 0 Å². The summed E-state index contributed by atoms with van der Waals surface area (Å²) in [6.07, 6.45) is 0.964. The van der Waals surface area contributed by atoms with Gasteiger partial charge in [0.1, 0.15) is 0 Å². The Bertz CT molecular complexity index is 332. The number of hydrogen-bond acceptors (Lipinski definition) is 2. The number of aliphatic hydroxyl groups is 1. The second kappa shape index (κ2) is 8.89. The van der Waals surface area contributed by atoms with Crippen molar-refractivity contribution in [3.63, 3.8) is 0 Å². The molecule has 0 heterocycles. The molecule has 1 aromatic carbocycles. The molecule has 0 atom stereocenters. The van der Waals surface area contributed by atoms with Crippen molar-refractivity contribution in [2.24, 2.45) is 0 Å². The molecule has 0 aliphatic carbocycles. The van der Waals surface area contributed by atoms with Crippen molar-refractivity contribution >= 4 is 14.0 Å². The molecule has 2 N–H and O–H groups in total. The zero-order chi connectivity index (χ0) is 14.0. The molecule has 0 fully saturated rings. The summed E-state index contributed by atoms with van der Waals surface area (Å²) >= 11 is 0. The van der Waals surface area contributed by atoms with E-state index in [-0.39, 0.29) is 0 Å². The van der Waals surface area contributed by atoms with Gasteiger partial charge < -0.3 is 10.2 Å². The van der Waals surface area contributed by atoms with Crippen molar-refractivity contribution in [3.8, 4) is 0 Å². The average Bonchev–Trinajstić information content (AvgIpc) is 2.26. The fraction of sp³-hybridized carbons (Fsp3) is 0.500. The highest BCUT2D eigenvalue weighted by Gasteiger charge is 2.19. The van der Waals surface area contributed by atoms with Gasteiger partial charge in [0.15, 0.2) is 0 Å². The summed E-state index contributed by atoms with van der Waals surface area (Å²) in [7, 11) is -1.13. The van der Waals surface area contributed by atoms with Gasteiger partial charge in [-0.25, -0.2) is 0 Å². The van der Waals surface area contributed by atoms with Gasteiger partial charge in [0, 0.05) is 13.5 Å². The minimum absolute atomic E-state index is 0.339. The molecule has 3 nitrogen and oxygen atoms in total. The molecule has 0 aliphatic rings. The van der Waals surface area contributed by atoms with Crippen LogP contribution >= 0.6 is 0 Å². The van der Waals surface area contributed by atoms with Crippen molar-refractivity contribution in [1.29, 1.82) is 0 Å². The third-order valence-electron chi connectivity index (χ3n) is 2.54. The molecule has 0 saturated heterocycles. The Hall–Kier alpha value is -1.13. The molecule has 0 amide bonds. The molecule has 0 aliphatic heterocycles.